The first-order valence-corrected chi connectivity index (χ1v) is 6.06. The second kappa shape index (κ2) is 6.25. The zero-order valence-electron chi connectivity index (χ0n) is 9.80. The Hall–Kier alpha value is -1.55. The average Bonchev–Trinajstić information content (AvgIpc) is 2.65. The van der Waals surface area contributed by atoms with E-state index in [-0.39, 0.29) is 0 Å². The van der Waals surface area contributed by atoms with Gasteiger partial charge in [-0.25, -0.2) is 0 Å². The van der Waals surface area contributed by atoms with Crippen LogP contribution in [0.15, 0.2) is 34.4 Å². The van der Waals surface area contributed by atoms with Gasteiger partial charge in [-0.05, 0) is 42.3 Å². The number of nitrogens with one attached hydrogen (secondary N) is 1. The third-order valence-electron chi connectivity index (χ3n) is 2.93. The van der Waals surface area contributed by atoms with Gasteiger partial charge in [-0.15, -0.1) is 4.91 Å². The Morgan fingerprint density at radius 1 is 1.35 bits per heavy atom. The molecule has 1 aromatic rings. The average molecular weight is 231 g/mol. The second-order valence-corrected chi connectivity index (χ2v) is 4.32. The first-order valence-electron chi connectivity index (χ1n) is 6.06. The Morgan fingerprint density at radius 2 is 2.29 bits per heavy atom. The molecule has 1 atom stereocenters. The number of nitrogens with zero attached hydrogens (tertiary/aromatic N) is 2. The monoisotopic (exact) mass is 231 g/mol. The van der Waals surface area contributed by atoms with Gasteiger partial charge in [-0.2, -0.15) is 0 Å². The molecule has 4 heteroatoms. The van der Waals surface area contributed by atoms with E-state index < -0.39 is 0 Å². The van der Waals surface area contributed by atoms with E-state index in [0.717, 1.165) is 25.1 Å². The van der Waals surface area contributed by atoms with Gasteiger partial charge >= 0.3 is 0 Å². The van der Waals surface area contributed by atoms with Gasteiger partial charge < -0.3 is 5.32 Å². The summed E-state index contributed by atoms with van der Waals surface area (Å²) in [5.74, 6) is 0. The van der Waals surface area contributed by atoms with Gasteiger partial charge in [0, 0.05) is 12.8 Å². The molecule has 0 amide bonds. The van der Waals surface area contributed by atoms with Crippen LogP contribution in [0.25, 0.3) is 0 Å². The van der Waals surface area contributed by atoms with E-state index in [0.29, 0.717) is 11.7 Å². The predicted octanol–water partition coefficient (Wildman–Crippen LogP) is 2.65. The molecule has 1 fully saturated rings. The number of aliphatic imine (C=N–C) groups is 1. The van der Waals surface area contributed by atoms with Crippen LogP contribution >= 0.6 is 0 Å². The Kier molecular flexibility index (Phi) is 4.38. The van der Waals surface area contributed by atoms with E-state index in [1.807, 2.05) is 18.3 Å². The van der Waals surface area contributed by atoms with Crippen LogP contribution in [0, 0.1) is 4.91 Å². The summed E-state index contributed by atoms with van der Waals surface area (Å²) in [6.07, 6.45) is 5.43. The highest BCUT2D eigenvalue weighted by Crippen LogP contribution is 2.13. The fourth-order valence-electron chi connectivity index (χ4n) is 1.98. The summed E-state index contributed by atoms with van der Waals surface area (Å²) < 4.78 is 0. The largest absolute Gasteiger partial charge is 0.315 e. The zero-order valence-corrected chi connectivity index (χ0v) is 9.80. The molecule has 0 saturated carbocycles. The fourth-order valence-corrected chi connectivity index (χ4v) is 1.98. The van der Waals surface area contributed by atoms with Gasteiger partial charge in [0.2, 0.25) is 0 Å². The van der Waals surface area contributed by atoms with Crippen molar-refractivity contribution >= 4 is 11.9 Å². The maximum atomic E-state index is 10.4. The van der Waals surface area contributed by atoms with Crippen molar-refractivity contribution < 1.29 is 0 Å². The number of nitroso groups, excluding NO2 is 1. The molecule has 1 aliphatic heterocycles. The molecule has 0 bridgehead atoms. The van der Waals surface area contributed by atoms with Crippen LogP contribution in [0.5, 0.6) is 0 Å². The molecular weight excluding hydrogens is 214 g/mol. The van der Waals surface area contributed by atoms with E-state index in [1.165, 1.54) is 12.8 Å². The van der Waals surface area contributed by atoms with Crippen LogP contribution in [0.4, 0.5) is 5.69 Å². The number of hydrogen-bond donors (Lipinski definition) is 1. The van der Waals surface area contributed by atoms with Crippen molar-refractivity contribution in [1.29, 1.82) is 0 Å². The van der Waals surface area contributed by atoms with Gasteiger partial charge in [-0.1, -0.05) is 18.6 Å². The van der Waals surface area contributed by atoms with Crippen LogP contribution < -0.4 is 5.32 Å². The van der Waals surface area contributed by atoms with Crippen LogP contribution in [-0.2, 0) is 0 Å². The predicted molar refractivity (Wildman–Crippen MR) is 70.0 cm³/mol. The molecule has 1 aliphatic rings. The zero-order chi connectivity index (χ0) is 11.9. The quantitative estimate of drug-likeness (QED) is 0.642. The molecule has 1 heterocycles. The van der Waals surface area contributed by atoms with Crippen LogP contribution in [0.2, 0.25) is 0 Å². The van der Waals surface area contributed by atoms with Gasteiger partial charge in [-0.3, -0.25) is 4.99 Å². The van der Waals surface area contributed by atoms with E-state index >= 15 is 0 Å². The third-order valence-corrected chi connectivity index (χ3v) is 2.93. The molecule has 0 spiro atoms. The Balaban J connectivity index is 2.00. The summed E-state index contributed by atoms with van der Waals surface area (Å²) in [7, 11) is 0. The van der Waals surface area contributed by atoms with Crippen molar-refractivity contribution in [3.8, 4) is 0 Å². The van der Waals surface area contributed by atoms with Crippen molar-refractivity contribution in [1.82, 2.24) is 5.32 Å². The Labute approximate surface area is 101 Å². The lowest BCUT2D eigenvalue weighted by Crippen LogP contribution is -2.23. The Morgan fingerprint density at radius 3 is 3.18 bits per heavy atom. The molecule has 0 aromatic heterocycles. The molecule has 1 aromatic carbocycles. The maximum absolute atomic E-state index is 10.4. The topological polar surface area (TPSA) is 53.8 Å². The molecule has 4 nitrogen and oxygen atoms in total. The van der Waals surface area contributed by atoms with Crippen LogP contribution in [-0.4, -0.2) is 25.3 Å². The van der Waals surface area contributed by atoms with E-state index in [2.05, 4.69) is 15.5 Å². The summed E-state index contributed by atoms with van der Waals surface area (Å²) in [4.78, 5) is 15.0. The number of benzene rings is 1. The number of hydrogen-bond acceptors (Lipinski definition) is 4. The summed E-state index contributed by atoms with van der Waals surface area (Å²) in [6, 6.07) is 7.55. The molecule has 0 unspecified atom stereocenters. The van der Waals surface area contributed by atoms with Crippen molar-refractivity contribution in [2.75, 3.05) is 13.1 Å². The summed E-state index contributed by atoms with van der Waals surface area (Å²) >= 11 is 0. The molecule has 1 saturated heterocycles. The van der Waals surface area contributed by atoms with Gasteiger partial charge in [0.15, 0.2) is 0 Å². The van der Waals surface area contributed by atoms with Gasteiger partial charge in [0.25, 0.3) is 0 Å². The highest BCUT2D eigenvalue weighted by molar-refractivity contribution is 5.81. The second-order valence-electron chi connectivity index (χ2n) is 4.32. The molecule has 1 N–H and O–H groups in total. The first kappa shape index (κ1) is 11.9. The molecular formula is C13H17N3O. The molecule has 90 valence electrons. The van der Waals surface area contributed by atoms with Crippen LogP contribution in [0.3, 0.4) is 0 Å². The lowest BCUT2D eigenvalue weighted by atomic mass is 10.1. The summed E-state index contributed by atoms with van der Waals surface area (Å²) in [5, 5.41) is 6.29. The van der Waals surface area contributed by atoms with Gasteiger partial charge in [0.1, 0.15) is 5.69 Å². The highest BCUT2D eigenvalue weighted by Gasteiger charge is 2.08. The molecule has 17 heavy (non-hydrogen) atoms. The molecule has 0 radical (unpaired) electrons. The maximum Gasteiger partial charge on any atom is 0.108 e. The molecule has 0 aliphatic carbocycles. The third kappa shape index (κ3) is 3.75. The standard InChI is InChI=1S/C13H17N3O/c17-16-12-6-3-4-11(8-12)9-15-13-5-1-2-7-14-10-13/h3-4,6,8-9,13-14H,1-2,5,7,10H2/t13-/m1/s1. The number of rotatable bonds is 3. The van der Waals surface area contributed by atoms with Crippen molar-refractivity contribution in [3.05, 3.63) is 34.7 Å². The van der Waals surface area contributed by atoms with Gasteiger partial charge in [0.05, 0.1) is 6.04 Å². The van der Waals surface area contributed by atoms with Crippen LogP contribution in [0.1, 0.15) is 24.8 Å². The first-order chi connectivity index (χ1) is 8.38. The highest BCUT2D eigenvalue weighted by atomic mass is 16.3. The van der Waals surface area contributed by atoms with E-state index in [1.54, 1.807) is 12.1 Å². The minimum Gasteiger partial charge on any atom is -0.315 e. The lowest BCUT2D eigenvalue weighted by Gasteiger charge is -2.07. The minimum absolute atomic E-state index is 0.352. The summed E-state index contributed by atoms with van der Waals surface area (Å²) in [5.41, 5.74) is 1.39. The smallest absolute Gasteiger partial charge is 0.108 e. The molecule has 2 rings (SSSR count). The van der Waals surface area contributed by atoms with E-state index in [9.17, 15) is 4.91 Å². The van der Waals surface area contributed by atoms with Crippen molar-refractivity contribution in [3.63, 3.8) is 0 Å². The fraction of sp³-hybridized carbons (Fsp3) is 0.462. The minimum atomic E-state index is 0.352. The van der Waals surface area contributed by atoms with Crippen molar-refractivity contribution in [2.24, 2.45) is 10.2 Å². The van der Waals surface area contributed by atoms with E-state index in [4.69, 9.17) is 0 Å². The Bertz CT molecular complexity index is 395. The summed E-state index contributed by atoms with van der Waals surface area (Å²) in [6.45, 7) is 2.04. The lowest BCUT2D eigenvalue weighted by molar-refractivity contribution is 0.605. The van der Waals surface area contributed by atoms with Crippen molar-refractivity contribution in [2.45, 2.75) is 25.3 Å². The SMILES string of the molecule is O=Nc1cccc(C=N[C@@H]2CCCCNC2)c1. The normalized spacial score (nSPS) is 21.3.